The van der Waals surface area contributed by atoms with Crippen molar-refractivity contribution in [2.24, 2.45) is 5.41 Å². The van der Waals surface area contributed by atoms with E-state index in [0.29, 0.717) is 25.2 Å². The summed E-state index contributed by atoms with van der Waals surface area (Å²) in [5, 5.41) is 13.6. The van der Waals surface area contributed by atoms with Crippen LogP contribution in [0.2, 0.25) is 0 Å². The molecule has 7 heteroatoms. The molecule has 0 bridgehead atoms. The lowest BCUT2D eigenvalue weighted by Gasteiger charge is -2.39. The maximum Gasteiger partial charge on any atom is 0.269 e. The maximum absolute atomic E-state index is 12.6. The highest BCUT2D eigenvalue weighted by molar-refractivity contribution is 5.99. The molecule has 2 amide bonds. The maximum atomic E-state index is 12.6. The smallest absolute Gasteiger partial charge is 0.269 e. The highest BCUT2D eigenvalue weighted by Gasteiger charge is 2.45. The van der Waals surface area contributed by atoms with Crippen LogP contribution >= 0.6 is 0 Å². The Balaban J connectivity index is 1.77. The molecule has 1 atom stereocenters. The first-order valence-corrected chi connectivity index (χ1v) is 7.85. The van der Waals surface area contributed by atoms with E-state index in [0.717, 1.165) is 19.3 Å². The van der Waals surface area contributed by atoms with E-state index in [1.807, 2.05) is 0 Å². The third-order valence-electron chi connectivity index (χ3n) is 4.83. The van der Waals surface area contributed by atoms with E-state index in [4.69, 9.17) is 0 Å². The second kappa shape index (κ2) is 5.98. The molecule has 0 aliphatic carbocycles. The number of benzene rings is 1. The summed E-state index contributed by atoms with van der Waals surface area (Å²) in [5.74, 6) is -0.103. The minimum absolute atomic E-state index is 0.00201. The van der Waals surface area contributed by atoms with Gasteiger partial charge in [-0.3, -0.25) is 19.7 Å². The Kier molecular flexibility index (Phi) is 4.02. The van der Waals surface area contributed by atoms with Crippen LogP contribution in [0.4, 0.5) is 11.4 Å². The van der Waals surface area contributed by atoms with Gasteiger partial charge in [0.15, 0.2) is 0 Å². The Morgan fingerprint density at radius 1 is 1.13 bits per heavy atom. The van der Waals surface area contributed by atoms with Gasteiger partial charge >= 0.3 is 0 Å². The molecule has 1 aromatic rings. The van der Waals surface area contributed by atoms with Crippen molar-refractivity contribution in [1.82, 2.24) is 5.32 Å². The fourth-order valence-corrected chi connectivity index (χ4v) is 3.45. The first kappa shape index (κ1) is 15.5. The van der Waals surface area contributed by atoms with Gasteiger partial charge in [0.1, 0.15) is 0 Å². The summed E-state index contributed by atoms with van der Waals surface area (Å²) >= 11 is 0. The predicted octanol–water partition coefficient (Wildman–Crippen LogP) is 2.01. The summed E-state index contributed by atoms with van der Waals surface area (Å²) in [4.78, 5) is 36.8. The number of carbonyl (C=O) groups is 2. The molecule has 2 fully saturated rings. The van der Waals surface area contributed by atoms with Crippen LogP contribution in [0.1, 0.15) is 32.1 Å². The van der Waals surface area contributed by atoms with Crippen molar-refractivity contribution in [2.45, 2.75) is 32.1 Å². The minimum atomic E-state index is -0.579. The molecule has 3 rings (SSSR count). The molecule has 0 aromatic heterocycles. The van der Waals surface area contributed by atoms with Crippen molar-refractivity contribution in [3.63, 3.8) is 0 Å². The molecular weight excluding hydrogens is 298 g/mol. The molecule has 23 heavy (non-hydrogen) atoms. The standard InChI is InChI=1S/C16H19N3O4/c20-14-11-16(7-1-2-9-17-15(16)21)8-10-18(14)12-3-5-13(6-4-12)19(22)23/h3-6H,1-2,7-11H2,(H,17,21). The van der Waals surface area contributed by atoms with Gasteiger partial charge in [-0.05, 0) is 31.4 Å². The minimum Gasteiger partial charge on any atom is -0.356 e. The normalized spacial score (nSPS) is 25.1. The van der Waals surface area contributed by atoms with Gasteiger partial charge in [0.05, 0.1) is 10.3 Å². The zero-order valence-electron chi connectivity index (χ0n) is 12.8. The molecule has 1 aromatic carbocycles. The van der Waals surface area contributed by atoms with Gasteiger partial charge in [-0.15, -0.1) is 0 Å². The lowest BCUT2D eigenvalue weighted by Crippen LogP contribution is -2.50. The number of piperidine rings is 1. The second-order valence-corrected chi connectivity index (χ2v) is 6.24. The monoisotopic (exact) mass is 317 g/mol. The molecule has 1 unspecified atom stereocenters. The third-order valence-corrected chi connectivity index (χ3v) is 4.83. The van der Waals surface area contributed by atoms with Crippen molar-refractivity contribution in [3.8, 4) is 0 Å². The SMILES string of the molecule is O=C1CC2(CCCCNC2=O)CCN1c1ccc([N+](=O)[O-])cc1. The number of rotatable bonds is 2. The van der Waals surface area contributed by atoms with Crippen LogP contribution in [0.15, 0.2) is 24.3 Å². The number of nitrogens with zero attached hydrogens (tertiary/aromatic N) is 2. The van der Waals surface area contributed by atoms with E-state index in [1.165, 1.54) is 12.1 Å². The quantitative estimate of drug-likeness (QED) is 0.667. The summed E-state index contributed by atoms with van der Waals surface area (Å²) < 4.78 is 0. The highest BCUT2D eigenvalue weighted by Crippen LogP contribution is 2.40. The first-order valence-electron chi connectivity index (χ1n) is 7.85. The van der Waals surface area contributed by atoms with Crippen LogP contribution in [0.5, 0.6) is 0 Å². The fourth-order valence-electron chi connectivity index (χ4n) is 3.45. The first-order chi connectivity index (χ1) is 11.0. The molecule has 0 saturated carbocycles. The van der Waals surface area contributed by atoms with E-state index in [1.54, 1.807) is 17.0 Å². The summed E-state index contributed by atoms with van der Waals surface area (Å²) in [7, 11) is 0. The Morgan fingerprint density at radius 2 is 1.87 bits per heavy atom. The van der Waals surface area contributed by atoms with Gasteiger partial charge in [0.25, 0.3) is 5.69 Å². The van der Waals surface area contributed by atoms with E-state index < -0.39 is 10.3 Å². The number of hydrogen-bond acceptors (Lipinski definition) is 4. The molecule has 0 radical (unpaired) electrons. The summed E-state index contributed by atoms with van der Waals surface area (Å²) in [6.45, 7) is 1.14. The van der Waals surface area contributed by atoms with Crippen LogP contribution in [0, 0.1) is 15.5 Å². The van der Waals surface area contributed by atoms with Crippen molar-refractivity contribution in [2.75, 3.05) is 18.0 Å². The van der Waals surface area contributed by atoms with Gasteiger partial charge < -0.3 is 10.2 Å². The molecule has 2 heterocycles. The molecular formula is C16H19N3O4. The Labute approximate surface area is 133 Å². The average molecular weight is 317 g/mol. The van der Waals surface area contributed by atoms with Gasteiger partial charge in [0, 0.05) is 37.3 Å². The van der Waals surface area contributed by atoms with E-state index in [-0.39, 0.29) is 23.9 Å². The zero-order valence-corrected chi connectivity index (χ0v) is 12.8. The molecule has 1 spiro atoms. The Hall–Kier alpha value is -2.44. The largest absolute Gasteiger partial charge is 0.356 e. The molecule has 122 valence electrons. The van der Waals surface area contributed by atoms with E-state index in [9.17, 15) is 19.7 Å². The van der Waals surface area contributed by atoms with Crippen molar-refractivity contribution >= 4 is 23.2 Å². The molecule has 7 nitrogen and oxygen atoms in total. The molecule has 2 saturated heterocycles. The van der Waals surface area contributed by atoms with Crippen LogP contribution in [-0.4, -0.2) is 29.8 Å². The molecule has 2 aliphatic heterocycles. The third kappa shape index (κ3) is 2.91. The fraction of sp³-hybridized carbons (Fsp3) is 0.500. The number of amides is 2. The van der Waals surface area contributed by atoms with Gasteiger partial charge in [0.2, 0.25) is 11.8 Å². The lowest BCUT2D eigenvalue weighted by molar-refractivity contribution is -0.384. The number of carbonyl (C=O) groups excluding carboxylic acids is 2. The summed E-state index contributed by atoms with van der Waals surface area (Å²) in [5.41, 5.74) is 0.0625. The lowest BCUT2D eigenvalue weighted by atomic mass is 9.74. The van der Waals surface area contributed by atoms with Gasteiger partial charge in [-0.2, -0.15) is 0 Å². The number of nitro benzene ring substituents is 1. The highest BCUT2D eigenvalue weighted by atomic mass is 16.6. The van der Waals surface area contributed by atoms with E-state index >= 15 is 0 Å². The summed E-state index contributed by atoms with van der Waals surface area (Å²) in [6.07, 6.45) is 3.48. The number of non-ortho nitro benzene ring substituents is 1. The van der Waals surface area contributed by atoms with Crippen molar-refractivity contribution < 1.29 is 14.5 Å². The van der Waals surface area contributed by atoms with Crippen molar-refractivity contribution in [3.05, 3.63) is 34.4 Å². The van der Waals surface area contributed by atoms with Crippen LogP contribution in [0.25, 0.3) is 0 Å². The van der Waals surface area contributed by atoms with Gasteiger partial charge in [-0.1, -0.05) is 6.42 Å². The number of nitrogens with one attached hydrogen (secondary N) is 1. The van der Waals surface area contributed by atoms with Crippen molar-refractivity contribution in [1.29, 1.82) is 0 Å². The van der Waals surface area contributed by atoms with E-state index in [2.05, 4.69) is 5.32 Å². The van der Waals surface area contributed by atoms with Gasteiger partial charge in [-0.25, -0.2) is 0 Å². The number of anilines is 1. The topological polar surface area (TPSA) is 92.6 Å². The summed E-state index contributed by atoms with van der Waals surface area (Å²) in [6, 6.07) is 5.96. The average Bonchev–Trinajstić information content (AvgIpc) is 2.70. The second-order valence-electron chi connectivity index (χ2n) is 6.24. The van der Waals surface area contributed by atoms with Crippen LogP contribution in [-0.2, 0) is 9.59 Å². The molecule has 2 aliphatic rings. The number of nitro groups is 1. The zero-order chi connectivity index (χ0) is 16.4. The Morgan fingerprint density at radius 3 is 2.52 bits per heavy atom. The van der Waals surface area contributed by atoms with Crippen LogP contribution < -0.4 is 10.2 Å². The van der Waals surface area contributed by atoms with Crippen LogP contribution in [0.3, 0.4) is 0 Å². The predicted molar refractivity (Wildman–Crippen MR) is 84.0 cm³/mol. The number of hydrogen-bond donors (Lipinski definition) is 1. The molecule has 1 N–H and O–H groups in total. The Bertz CT molecular complexity index is 643.